The number of anilines is 2. The Bertz CT molecular complexity index is 1380. The number of carbonyl (C=O) groups excluding carboxylic acids is 3. The number of thioether (sulfide) groups is 1. The standard InChI is InChI=1S/C32H37N3O7S/c1-4-40-29(38)17-33-32(39)35-26-7-5-6-24(16-26)31-41-28(19-43-27-14-12-25(13-15-27)34-21(3)37)20(2)30(42-31)23-10-8-22(18-36)9-11-23/h5-16,20,28,30-31,36H,4,17-19H2,1-3H3,(H,34,37)(H2,33,35,39)/t20-,28+,30+,31+/m0/s1. The Labute approximate surface area is 255 Å². The van der Waals surface area contributed by atoms with Crippen molar-refractivity contribution < 1.29 is 33.7 Å². The van der Waals surface area contributed by atoms with Crippen molar-refractivity contribution >= 4 is 41.0 Å². The third-order valence-corrected chi connectivity index (χ3v) is 7.93. The Morgan fingerprint density at radius 3 is 2.35 bits per heavy atom. The SMILES string of the molecule is CCOC(=O)CNC(=O)Nc1cccc([C@@H]2O[C@H](CSc3ccc(NC(C)=O)cc3)[C@H](C)[C@H](c3ccc(CO)cc3)O2)c1. The van der Waals surface area contributed by atoms with Gasteiger partial charge in [-0.2, -0.15) is 0 Å². The lowest BCUT2D eigenvalue weighted by atomic mass is 9.91. The van der Waals surface area contributed by atoms with E-state index in [2.05, 4.69) is 22.9 Å². The number of hydrogen-bond donors (Lipinski definition) is 4. The van der Waals surface area contributed by atoms with E-state index in [1.54, 1.807) is 36.9 Å². The maximum Gasteiger partial charge on any atom is 0.325 e. The number of ether oxygens (including phenoxy) is 3. The number of aliphatic hydroxyl groups excluding tert-OH is 1. The first-order valence-electron chi connectivity index (χ1n) is 14.1. The minimum absolute atomic E-state index is 0.00246. The molecule has 4 atom stereocenters. The number of hydrogen-bond acceptors (Lipinski definition) is 8. The Balaban J connectivity index is 1.50. The third kappa shape index (κ3) is 9.29. The van der Waals surface area contributed by atoms with Crippen LogP contribution in [0.5, 0.6) is 0 Å². The third-order valence-electron chi connectivity index (χ3n) is 6.83. The van der Waals surface area contributed by atoms with Crippen molar-refractivity contribution in [3.63, 3.8) is 0 Å². The zero-order valence-corrected chi connectivity index (χ0v) is 25.2. The van der Waals surface area contributed by atoms with Crippen LogP contribution >= 0.6 is 11.8 Å². The van der Waals surface area contributed by atoms with Gasteiger partial charge >= 0.3 is 12.0 Å². The monoisotopic (exact) mass is 607 g/mol. The van der Waals surface area contributed by atoms with Gasteiger partial charge in [-0.3, -0.25) is 9.59 Å². The van der Waals surface area contributed by atoms with Crippen LogP contribution in [0.4, 0.5) is 16.2 Å². The highest BCUT2D eigenvalue weighted by molar-refractivity contribution is 7.99. The molecule has 11 heteroatoms. The minimum Gasteiger partial charge on any atom is -0.465 e. The molecule has 1 aliphatic rings. The van der Waals surface area contributed by atoms with Gasteiger partial charge in [0, 0.05) is 40.4 Å². The molecule has 228 valence electrons. The summed E-state index contributed by atoms with van der Waals surface area (Å²) < 4.78 is 17.9. The summed E-state index contributed by atoms with van der Waals surface area (Å²) >= 11 is 1.65. The summed E-state index contributed by atoms with van der Waals surface area (Å²) in [6.45, 7) is 5.23. The molecule has 0 aliphatic carbocycles. The molecule has 0 radical (unpaired) electrons. The fourth-order valence-corrected chi connectivity index (χ4v) is 5.70. The van der Waals surface area contributed by atoms with Gasteiger partial charge in [0.1, 0.15) is 6.54 Å². The average Bonchev–Trinajstić information content (AvgIpc) is 3.00. The summed E-state index contributed by atoms with van der Waals surface area (Å²) in [5.41, 5.74) is 3.76. The minimum atomic E-state index is -0.712. The van der Waals surface area contributed by atoms with Crippen molar-refractivity contribution in [2.75, 3.05) is 29.5 Å². The van der Waals surface area contributed by atoms with Gasteiger partial charge in [-0.1, -0.05) is 43.3 Å². The number of esters is 1. The summed E-state index contributed by atoms with van der Waals surface area (Å²) in [6, 6.07) is 22.0. The van der Waals surface area contributed by atoms with Crippen LogP contribution in [0.3, 0.4) is 0 Å². The Kier molecular flexibility index (Phi) is 11.6. The highest BCUT2D eigenvalue weighted by atomic mass is 32.2. The average molecular weight is 608 g/mol. The fourth-order valence-electron chi connectivity index (χ4n) is 4.63. The topological polar surface area (TPSA) is 135 Å². The lowest BCUT2D eigenvalue weighted by Gasteiger charge is -2.41. The molecule has 3 aromatic rings. The van der Waals surface area contributed by atoms with Gasteiger partial charge in [-0.05, 0) is 54.4 Å². The number of rotatable bonds is 11. The first kappa shape index (κ1) is 32.0. The van der Waals surface area contributed by atoms with E-state index in [-0.39, 0.29) is 43.8 Å². The first-order chi connectivity index (χ1) is 20.7. The second-order valence-electron chi connectivity index (χ2n) is 10.1. The van der Waals surface area contributed by atoms with Gasteiger partial charge in [0.05, 0.1) is 25.4 Å². The smallest absolute Gasteiger partial charge is 0.325 e. The summed E-state index contributed by atoms with van der Waals surface area (Å²) in [5.74, 6) is 0.0120. The molecule has 1 saturated heterocycles. The lowest BCUT2D eigenvalue weighted by molar-refractivity contribution is -0.268. The van der Waals surface area contributed by atoms with E-state index in [0.717, 1.165) is 27.3 Å². The molecule has 4 N–H and O–H groups in total. The molecule has 0 saturated carbocycles. The molecule has 0 bridgehead atoms. The second kappa shape index (κ2) is 15.5. The van der Waals surface area contributed by atoms with Crippen LogP contribution in [-0.2, 0) is 30.4 Å². The van der Waals surface area contributed by atoms with E-state index in [9.17, 15) is 19.5 Å². The molecule has 0 aromatic heterocycles. The normalized spacial score (nSPS) is 19.7. The van der Waals surface area contributed by atoms with Gasteiger partial charge in [0.2, 0.25) is 5.91 Å². The van der Waals surface area contributed by atoms with Crippen LogP contribution < -0.4 is 16.0 Å². The van der Waals surface area contributed by atoms with Gasteiger partial charge in [0.25, 0.3) is 0 Å². The molecule has 1 aliphatic heterocycles. The molecular weight excluding hydrogens is 570 g/mol. The highest BCUT2D eigenvalue weighted by Gasteiger charge is 2.38. The number of benzene rings is 3. The number of carbonyl (C=O) groups is 3. The predicted molar refractivity (Wildman–Crippen MR) is 165 cm³/mol. The second-order valence-corrected chi connectivity index (χ2v) is 11.2. The molecule has 10 nitrogen and oxygen atoms in total. The molecule has 1 fully saturated rings. The summed E-state index contributed by atoms with van der Waals surface area (Å²) in [5, 5.41) is 17.5. The first-order valence-corrected chi connectivity index (χ1v) is 15.1. The number of amides is 3. The molecule has 43 heavy (non-hydrogen) atoms. The van der Waals surface area contributed by atoms with Crippen LogP contribution in [0.25, 0.3) is 0 Å². The van der Waals surface area contributed by atoms with Gasteiger partial charge in [0.15, 0.2) is 6.29 Å². The Hall–Kier alpha value is -3.90. The highest BCUT2D eigenvalue weighted by Crippen LogP contribution is 2.43. The van der Waals surface area contributed by atoms with Crippen LogP contribution in [0.15, 0.2) is 77.7 Å². The molecular formula is C32H37N3O7S. The van der Waals surface area contributed by atoms with E-state index >= 15 is 0 Å². The van der Waals surface area contributed by atoms with Gasteiger partial charge < -0.3 is 35.3 Å². The zero-order valence-electron chi connectivity index (χ0n) is 24.4. The van der Waals surface area contributed by atoms with E-state index in [1.165, 1.54) is 6.92 Å². The van der Waals surface area contributed by atoms with E-state index in [1.807, 2.05) is 54.6 Å². The zero-order chi connectivity index (χ0) is 30.8. The summed E-state index contributed by atoms with van der Waals surface area (Å²) in [4.78, 5) is 36.3. The van der Waals surface area contributed by atoms with E-state index < -0.39 is 18.3 Å². The largest absolute Gasteiger partial charge is 0.465 e. The molecule has 0 spiro atoms. The predicted octanol–water partition coefficient (Wildman–Crippen LogP) is 5.41. The van der Waals surface area contributed by atoms with Crippen LogP contribution in [-0.4, -0.2) is 48.0 Å². The maximum atomic E-state index is 12.4. The van der Waals surface area contributed by atoms with Crippen LogP contribution in [0.1, 0.15) is 49.9 Å². The molecule has 3 aromatic carbocycles. The van der Waals surface area contributed by atoms with Crippen molar-refractivity contribution in [3.8, 4) is 0 Å². The number of nitrogens with one attached hydrogen (secondary N) is 3. The molecule has 3 amide bonds. The Morgan fingerprint density at radius 2 is 1.67 bits per heavy atom. The fraction of sp³-hybridized carbons (Fsp3) is 0.344. The van der Waals surface area contributed by atoms with Gasteiger partial charge in [-0.15, -0.1) is 11.8 Å². The molecule has 1 heterocycles. The number of aliphatic hydroxyl groups is 1. The number of urea groups is 1. The lowest BCUT2D eigenvalue weighted by Crippen LogP contribution is -2.38. The molecule has 0 unspecified atom stereocenters. The maximum absolute atomic E-state index is 12.4. The van der Waals surface area contributed by atoms with Crippen LogP contribution in [0.2, 0.25) is 0 Å². The van der Waals surface area contributed by atoms with E-state index in [4.69, 9.17) is 14.2 Å². The van der Waals surface area contributed by atoms with Crippen molar-refractivity contribution in [1.82, 2.24) is 5.32 Å². The van der Waals surface area contributed by atoms with Crippen molar-refractivity contribution in [2.45, 2.75) is 50.8 Å². The summed E-state index contributed by atoms with van der Waals surface area (Å²) in [7, 11) is 0. The van der Waals surface area contributed by atoms with Crippen molar-refractivity contribution in [3.05, 3.63) is 89.5 Å². The van der Waals surface area contributed by atoms with Crippen molar-refractivity contribution in [2.24, 2.45) is 5.92 Å². The summed E-state index contributed by atoms with van der Waals surface area (Å²) in [6.07, 6.45) is -1.19. The van der Waals surface area contributed by atoms with Crippen molar-refractivity contribution in [1.29, 1.82) is 0 Å². The Morgan fingerprint density at radius 1 is 0.930 bits per heavy atom. The van der Waals surface area contributed by atoms with Crippen LogP contribution in [0, 0.1) is 5.92 Å². The van der Waals surface area contributed by atoms with E-state index in [0.29, 0.717) is 11.4 Å². The van der Waals surface area contributed by atoms with Gasteiger partial charge in [-0.25, -0.2) is 4.79 Å². The molecule has 4 rings (SSSR count). The quantitative estimate of drug-likeness (QED) is 0.168.